The molecule has 144 valence electrons. The lowest BCUT2D eigenvalue weighted by Gasteiger charge is -2.35. The van der Waals surface area contributed by atoms with Gasteiger partial charge in [-0.2, -0.15) is 0 Å². The Morgan fingerprint density at radius 3 is 2.58 bits per heavy atom. The van der Waals surface area contributed by atoms with Crippen LogP contribution in [0.5, 0.6) is 0 Å². The Hall–Kier alpha value is -0.860. The number of halogens is 1. The standard InChI is InChI=1S/C13H15NO.C6H12O.CH2INS/c1-10(2)13-12-6-4-3-5-11(12)7-8-14(13)9-15;1-6-4-2-3-5-7-6;1-3-4-2/h3-6,9,13H,1,7-8H2,2H3;6H,2-5H2,1H3;1H2/t13-;;/m0../s1. The van der Waals surface area contributed by atoms with Gasteiger partial charge >= 0.3 is 0 Å². The van der Waals surface area contributed by atoms with Crippen LogP contribution in [0, 0.1) is 0 Å². The predicted octanol–water partition coefficient (Wildman–Crippen LogP) is 5.58. The van der Waals surface area contributed by atoms with E-state index in [0.717, 1.165) is 31.6 Å². The van der Waals surface area contributed by atoms with Crippen LogP contribution in [0.2, 0.25) is 0 Å². The number of hydrogen-bond acceptors (Lipinski definition) is 4. The topological polar surface area (TPSA) is 41.9 Å². The van der Waals surface area contributed by atoms with Crippen molar-refractivity contribution in [1.82, 2.24) is 4.90 Å². The summed E-state index contributed by atoms with van der Waals surface area (Å²) in [5.74, 6) is 0. The highest BCUT2D eigenvalue weighted by Crippen LogP contribution is 2.32. The number of ether oxygens (including phenoxy) is 1. The highest BCUT2D eigenvalue weighted by molar-refractivity contribution is 14.2. The summed E-state index contributed by atoms with van der Waals surface area (Å²) in [6.07, 6.45) is 6.30. The monoisotopic (exact) mass is 488 g/mol. The lowest BCUT2D eigenvalue weighted by atomic mass is 9.89. The molecule has 1 amide bonds. The fourth-order valence-corrected chi connectivity index (χ4v) is 3.15. The molecule has 0 spiro atoms. The second-order valence-electron chi connectivity index (χ2n) is 6.42. The summed E-state index contributed by atoms with van der Waals surface area (Å²) in [7, 11) is 1.34. The zero-order valence-corrected chi connectivity index (χ0v) is 18.7. The largest absolute Gasteiger partial charge is 0.379 e. The first-order valence-electron chi connectivity index (χ1n) is 8.84. The van der Waals surface area contributed by atoms with E-state index in [1.54, 1.807) is 0 Å². The van der Waals surface area contributed by atoms with Crippen LogP contribution in [-0.2, 0) is 16.0 Å². The maximum atomic E-state index is 11.0. The smallest absolute Gasteiger partial charge is 0.210 e. The number of carbonyl (C=O) groups is 1. The molecule has 2 aliphatic heterocycles. The molecule has 4 nitrogen and oxygen atoms in total. The summed E-state index contributed by atoms with van der Waals surface area (Å²) < 4.78 is 8.67. The lowest BCUT2D eigenvalue weighted by molar-refractivity contribution is -0.120. The molecule has 1 saturated heterocycles. The van der Waals surface area contributed by atoms with Gasteiger partial charge in [0.1, 0.15) is 0 Å². The number of hydrogen-bond donors (Lipinski definition) is 0. The number of carbonyl (C=O) groups excluding carboxylic acids is 1. The summed E-state index contributed by atoms with van der Waals surface area (Å²) in [5, 5.41) is 0. The first-order valence-corrected chi connectivity index (χ1v) is 12.2. The summed E-state index contributed by atoms with van der Waals surface area (Å²) >= 11 is 2.04. The predicted molar refractivity (Wildman–Crippen MR) is 121 cm³/mol. The van der Waals surface area contributed by atoms with E-state index in [0.29, 0.717) is 6.10 Å². The van der Waals surface area contributed by atoms with E-state index in [4.69, 9.17) is 4.74 Å². The van der Waals surface area contributed by atoms with E-state index >= 15 is 0 Å². The quantitative estimate of drug-likeness (QED) is 0.184. The third kappa shape index (κ3) is 7.80. The van der Waals surface area contributed by atoms with Crippen LogP contribution < -0.4 is 0 Å². The Balaban J connectivity index is 0.000000255. The molecule has 26 heavy (non-hydrogen) atoms. The second-order valence-corrected chi connectivity index (χ2v) is 7.99. The Labute approximate surface area is 174 Å². The molecule has 2 aliphatic rings. The zero-order valence-electron chi connectivity index (χ0n) is 15.7. The van der Waals surface area contributed by atoms with Crippen molar-refractivity contribution < 1.29 is 9.53 Å². The maximum absolute atomic E-state index is 11.0. The molecular formula is C20H29IN2O2S. The van der Waals surface area contributed by atoms with Crippen molar-refractivity contribution in [2.24, 2.45) is 4.40 Å². The van der Waals surface area contributed by atoms with Crippen molar-refractivity contribution in [1.29, 1.82) is 0 Å². The van der Waals surface area contributed by atoms with Crippen LogP contribution in [-0.4, -0.2) is 37.3 Å². The Morgan fingerprint density at radius 1 is 1.42 bits per heavy atom. The first kappa shape index (κ1) is 23.2. The Kier molecular flexibility index (Phi) is 11.9. The molecule has 0 aliphatic carbocycles. The molecular weight excluding hydrogens is 459 g/mol. The van der Waals surface area contributed by atoms with Crippen LogP contribution in [0.15, 0.2) is 40.8 Å². The fourth-order valence-electron chi connectivity index (χ4n) is 3.15. The minimum atomic E-state index is 0.0625. The zero-order chi connectivity index (χ0) is 19.4. The first-order chi connectivity index (χ1) is 12.5. The van der Waals surface area contributed by atoms with E-state index < -0.39 is 0 Å². The molecule has 1 fully saturated rings. The summed E-state index contributed by atoms with van der Waals surface area (Å²) in [6.45, 7) is 13.1. The average Bonchev–Trinajstić information content (AvgIpc) is 2.68. The fraction of sp³-hybridized carbons (Fsp3) is 0.500. The lowest BCUT2D eigenvalue weighted by Crippen LogP contribution is -2.34. The molecule has 2 heterocycles. The minimum absolute atomic E-state index is 0.0625. The van der Waals surface area contributed by atoms with Crippen LogP contribution in [0.1, 0.15) is 50.3 Å². The van der Waals surface area contributed by atoms with Crippen LogP contribution in [0.3, 0.4) is 0 Å². The minimum Gasteiger partial charge on any atom is -0.379 e. The molecule has 0 bridgehead atoms. The van der Waals surface area contributed by atoms with Gasteiger partial charge in [0.15, 0.2) is 0 Å². The van der Waals surface area contributed by atoms with Gasteiger partial charge in [-0.3, -0.25) is 4.79 Å². The normalized spacial score (nSPS) is 21.1. The molecule has 0 N–H and O–H groups in total. The van der Waals surface area contributed by atoms with Crippen molar-refractivity contribution in [2.75, 3.05) is 13.2 Å². The van der Waals surface area contributed by atoms with Gasteiger partial charge in [-0.1, -0.05) is 36.4 Å². The third-order valence-electron chi connectivity index (χ3n) is 4.38. The Bertz CT molecular complexity index is 577. The van der Waals surface area contributed by atoms with E-state index in [1.807, 2.05) is 45.2 Å². The van der Waals surface area contributed by atoms with Crippen LogP contribution >= 0.6 is 30.3 Å². The SMILES string of the molecule is C=C(C)[C@H]1c2ccccc2CCN1C=O.C=NSI.CC1CCCCO1. The van der Waals surface area contributed by atoms with E-state index in [-0.39, 0.29) is 6.04 Å². The van der Waals surface area contributed by atoms with Gasteiger partial charge in [-0.15, -0.1) is 0 Å². The molecule has 1 unspecified atom stereocenters. The van der Waals surface area contributed by atoms with Gasteiger partial charge in [0, 0.05) is 43.5 Å². The van der Waals surface area contributed by atoms with Crippen molar-refractivity contribution in [3.63, 3.8) is 0 Å². The van der Waals surface area contributed by atoms with Crippen LogP contribution in [0.4, 0.5) is 0 Å². The molecule has 3 rings (SSSR count). The van der Waals surface area contributed by atoms with E-state index in [1.165, 1.54) is 39.5 Å². The molecule has 0 saturated carbocycles. The van der Waals surface area contributed by atoms with Crippen molar-refractivity contribution in [3.05, 3.63) is 47.5 Å². The average molecular weight is 488 g/mol. The number of benzene rings is 1. The van der Waals surface area contributed by atoms with E-state index in [2.05, 4.69) is 36.8 Å². The van der Waals surface area contributed by atoms with E-state index in [9.17, 15) is 4.79 Å². The number of nitrogens with zero attached hydrogens (tertiary/aromatic N) is 2. The number of amides is 1. The molecule has 6 heteroatoms. The molecule has 1 aromatic carbocycles. The number of fused-ring (bicyclic) bond motifs is 1. The van der Waals surface area contributed by atoms with Crippen molar-refractivity contribution >= 4 is 43.5 Å². The highest BCUT2D eigenvalue weighted by Gasteiger charge is 2.26. The van der Waals surface area contributed by atoms with Crippen LogP contribution in [0.25, 0.3) is 0 Å². The van der Waals surface area contributed by atoms with Gasteiger partial charge in [0.25, 0.3) is 0 Å². The Morgan fingerprint density at radius 2 is 2.12 bits per heavy atom. The molecule has 1 aromatic rings. The highest BCUT2D eigenvalue weighted by atomic mass is 127. The van der Waals surface area contributed by atoms with Gasteiger partial charge < -0.3 is 9.64 Å². The molecule has 2 atom stereocenters. The van der Waals surface area contributed by atoms with Gasteiger partial charge in [-0.25, -0.2) is 4.40 Å². The summed E-state index contributed by atoms with van der Waals surface area (Å²) in [6, 6.07) is 8.35. The summed E-state index contributed by atoms with van der Waals surface area (Å²) in [4.78, 5) is 12.8. The molecule has 0 aromatic heterocycles. The second kappa shape index (κ2) is 13.3. The number of rotatable bonds is 3. The van der Waals surface area contributed by atoms with Gasteiger partial charge in [0.05, 0.1) is 12.1 Å². The summed E-state index contributed by atoms with van der Waals surface area (Å²) in [5.41, 5.74) is 3.58. The third-order valence-corrected chi connectivity index (χ3v) is 5.31. The van der Waals surface area contributed by atoms with Crippen molar-refractivity contribution in [3.8, 4) is 0 Å². The van der Waals surface area contributed by atoms with Gasteiger partial charge in [-0.05, 0) is 57.4 Å². The van der Waals surface area contributed by atoms with Crippen molar-refractivity contribution in [2.45, 2.75) is 51.7 Å². The molecule has 0 radical (unpaired) electrons. The van der Waals surface area contributed by atoms with Gasteiger partial charge in [0.2, 0.25) is 6.41 Å². The maximum Gasteiger partial charge on any atom is 0.210 e.